The first-order valence-electron chi connectivity index (χ1n) is 8.56. The van der Waals surface area contributed by atoms with E-state index in [4.69, 9.17) is 0 Å². The van der Waals surface area contributed by atoms with Gasteiger partial charge in [-0.05, 0) is 36.4 Å². The maximum absolute atomic E-state index is 11.7. The molecule has 0 unspecified atom stereocenters. The highest BCUT2D eigenvalue weighted by molar-refractivity contribution is 5.94. The Hall–Kier alpha value is -3.73. The molecule has 8 heteroatoms. The molecule has 1 aliphatic rings. The van der Waals surface area contributed by atoms with Gasteiger partial charge in [-0.15, -0.1) is 0 Å². The summed E-state index contributed by atoms with van der Waals surface area (Å²) in [5.74, 6) is 0.664. The number of pyridine rings is 2. The van der Waals surface area contributed by atoms with Gasteiger partial charge in [0.05, 0.1) is 21.4 Å². The Morgan fingerprint density at radius 3 is 2.44 bits per heavy atom. The molecule has 0 aliphatic carbocycles. The number of piperazine rings is 1. The van der Waals surface area contributed by atoms with Gasteiger partial charge in [0, 0.05) is 38.6 Å². The van der Waals surface area contributed by atoms with E-state index in [-0.39, 0.29) is 10.6 Å². The zero-order valence-electron chi connectivity index (χ0n) is 14.4. The van der Waals surface area contributed by atoms with Gasteiger partial charge in [-0.1, -0.05) is 0 Å². The van der Waals surface area contributed by atoms with E-state index < -0.39 is 0 Å². The van der Waals surface area contributed by atoms with Crippen LogP contribution in [0, 0.1) is 21.4 Å². The third-order valence-corrected chi connectivity index (χ3v) is 4.74. The molecule has 0 radical (unpaired) electrons. The summed E-state index contributed by atoms with van der Waals surface area (Å²) < 4.78 is 0. The second kappa shape index (κ2) is 6.88. The maximum atomic E-state index is 11.7. The number of nitro benzene ring substituents is 1. The number of fused-ring (bicyclic) bond motifs is 1. The summed E-state index contributed by atoms with van der Waals surface area (Å²) in [6.45, 7) is 2.48. The summed E-state index contributed by atoms with van der Waals surface area (Å²) in [5, 5.41) is 21.6. The zero-order chi connectivity index (χ0) is 18.8. The smallest absolute Gasteiger partial charge is 0.301 e. The predicted molar refractivity (Wildman–Crippen MR) is 102 cm³/mol. The van der Waals surface area contributed by atoms with Crippen LogP contribution in [0.3, 0.4) is 0 Å². The van der Waals surface area contributed by atoms with E-state index in [2.05, 4.69) is 16.0 Å². The van der Waals surface area contributed by atoms with Crippen LogP contribution < -0.4 is 9.80 Å². The molecule has 1 saturated heterocycles. The summed E-state index contributed by atoms with van der Waals surface area (Å²) in [6, 6.07) is 12.7. The van der Waals surface area contributed by atoms with Gasteiger partial charge in [-0.2, -0.15) is 5.26 Å². The summed E-state index contributed by atoms with van der Waals surface area (Å²) in [5.41, 5.74) is 1.83. The third kappa shape index (κ3) is 3.00. The van der Waals surface area contributed by atoms with Crippen LogP contribution in [0.25, 0.3) is 10.9 Å². The number of nitro groups is 1. The van der Waals surface area contributed by atoms with Crippen LogP contribution in [0.2, 0.25) is 0 Å². The van der Waals surface area contributed by atoms with Crippen molar-refractivity contribution in [1.29, 1.82) is 5.26 Å². The van der Waals surface area contributed by atoms with E-state index in [9.17, 15) is 15.4 Å². The Labute approximate surface area is 155 Å². The van der Waals surface area contributed by atoms with Gasteiger partial charge in [-0.3, -0.25) is 15.1 Å². The Balaban J connectivity index is 1.63. The highest BCUT2D eigenvalue weighted by Crippen LogP contribution is 2.35. The molecule has 8 nitrogen and oxygen atoms in total. The Kier molecular flexibility index (Phi) is 4.26. The van der Waals surface area contributed by atoms with Crippen molar-refractivity contribution in [2.45, 2.75) is 0 Å². The van der Waals surface area contributed by atoms with Crippen LogP contribution in [0.1, 0.15) is 5.56 Å². The first kappa shape index (κ1) is 16.7. The number of hydrogen-bond acceptors (Lipinski definition) is 7. The molecule has 4 rings (SSSR count). The number of nitriles is 1. The van der Waals surface area contributed by atoms with Crippen molar-refractivity contribution in [2.75, 3.05) is 36.0 Å². The lowest BCUT2D eigenvalue weighted by Crippen LogP contribution is -2.47. The second-order valence-electron chi connectivity index (χ2n) is 6.22. The average molecular weight is 360 g/mol. The molecule has 0 N–H and O–H groups in total. The minimum Gasteiger partial charge on any atom is -0.362 e. The largest absolute Gasteiger partial charge is 0.362 e. The highest BCUT2D eigenvalue weighted by atomic mass is 16.6. The van der Waals surface area contributed by atoms with Crippen LogP contribution in [-0.2, 0) is 0 Å². The molecule has 0 atom stereocenters. The number of rotatable bonds is 3. The van der Waals surface area contributed by atoms with Crippen LogP contribution in [0.5, 0.6) is 0 Å². The molecule has 0 bridgehead atoms. The van der Waals surface area contributed by atoms with Gasteiger partial charge in [0.2, 0.25) is 0 Å². The molecule has 0 spiro atoms. The molecule has 3 aromatic rings. The SMILES string of the molecule is N#Cc1cccnc1N1CCN(c2ccc3ncccc3c2[N+](=O)[O-])CC1. The number of hydrogen-bond donors (Lipinski definition) is 0. The number of anilines is 2. The first-order chi connectivity index (χ1) is 13.2. The van der Waals surface area contributed by atoms with Crippen LogP contribution >= 0.6 is 0 Å². The molecule has 3 heterocycles. The normalized spacial score (nSPS) is 14.2. The van der Waals surface area contributed by atoms with Crippen molar-refractivity contribution in [3.63, 3.8) is 0 Å². The predicted octanol–water partition coefficient (Wildman–Crippen LogP) is 2.74. The van der Waals surface area contributed by atoms with Gasteiger partial charge in [0.1, 0.15) is 17.6 Å². The summed E-state index contributed by atoms with van der Waals surface area (Å²) in [7, 11) is 0. The Morgan fingerprint density at radius 1 is 1.00 bits per heavy atom. The quantitative estimate of drug-likeness (QED) is 0.523. The second-order valence-corrected chi connectivity index (χ2v) is 6.22. The molecule has 0 amide bonds. The standard InChI is InChI=1S/C19H16N6O2/c20-13-14-3-1-8-22-19(14)24-11-9-23(10-12-24)17-6-5-16-15(4-2-7-21-16)18(17)25(26)27/h1-8H,9-12H2. The summed E-state index contributed by atoms with van der Waals surface area (Å²) >= 11 is 0. The average Bonchev–Trinajstić information content (AvgIpc) is 2.73. The first-order valence-corrected chi connectivity index (χ1v) is 8.56. The minimum absolute atomic E-state index is 0.0876. The van der Waals surface area contributed by atoms with Crippen molar-refractivity contribution < 1.29 is 4.92 Å². The van der Waals surface area contributed by atoms with Crippen molar-refractivity contribution in [3.8, 4) is 6.07 Å². The molecule has 1 aromatic carbocycles. The lowest BCUT2D eigenvalue weighted by Gasteiger charge is -2.36. The zero-order valence-corrected chi connectivity index (χ0v) is 14.4. The summed E-state index contributed by atoms with van der Waals surface area (Å²) in [4.78, 5) is 24.0. The lowest BCUT2D eigenvalue weighted by atomic mass is 10.1. The van der Waals surface area contributed by atoms with Gasteiger partial charge < -0.3 is 9.80 Å². The van der Waals surface area contributed by atoms with E-state index in [0.717, 1.165) is 0 Å². The minimum atomic E-state index is -0.335. The molecular formula is C19H16N6O2. The molecule has 0 saturated carbocycles. The van der Waals surface area contributed by atoms with E-state index in [0.29, 0.717) is 54.2 Å². The molecular weight excluding hydrogens is 344 g/mol. The molecule has 1 fully saturated rings. The fourth-order valence-corrected chi connectivity index (χ4v) is 3.47. The van der Waals surface area contributed by atoms with Crippen molar-refractivity contribution in [1.82, 2.24) is 9.97 Å². The highest BCUT2D eigenvalue weighted by Gasteiger charge is 2.27. The van der Waals surface area contributed by atoms with Crippen LogP contribution in [0.4, 0.5) is 17.2 Å². The van der Waals surface area contributed by atoms with Gasteiger partial charge in [-0.25, -0.2) is 4.98 Å². The van der Waals surface area contributed by atoms with E-state index in [1.54, 1.807) is 42.7 Å². The van der Waals surface area contributed by atoms with E-state index in [1.165, 1.54) is 0 Å². The van der Waals surface area contributed by atoms with Gasteiger partial charge in [0.25, 0.3) is 0 Å². The van der Waals surface area contributed by atoms with Gasteiger partial charge in [0.15, 0.2) is 0 Å². The number of nitrogens with zero attached hydrogens (tertiary/aromatic N) is 6. The Bertz CT molecular complexity index is 1050. The van der Waals surface area contributed by atoms with E-state index >= 15 is 0 Å². The number of benzene rings is 1. The molecule has 2 aromatic heterocycles. The third-order valence-electron chi connectivity index (χ3n) is 4.74. The van der Waals surface area contributed by atoms with E-state index in [1.807, 2.05) is 15.9 Å². The maximum Gasteiger partial charge on any atom is 0.301 e. The summed E-state index contributed by atoms with van der Waals surface area (Å²) in [6.07, 6.45) is 3.30. The molecule has 27 heavy (non-hydrogen) atoms. The fraction of sp³-hybridized carbons (Fsp3) is 0.211. The lowest BCUT2D eigenvalue weighted by molar-refractivity contribution is -0.382. The van der Waals surface area contributed by atoms with Crippen molar-refractivity contribution in [2.24, 2.45) is 0 Å². The number of aromatic nitrogens is 2. The molecule has 1 aliphatic heterocycles. The molecule has 134 valence electrons. The van der Waals surface area contributed by atoms with Crippen LogP contribution in [0.15, 0.2) is 48.8 Å². The van der Waals surface area contributed by atoms with Crippen molar-refractivity contribution >= 4 is 28.1 Å². The van der Waals surface area contributed by atoms with Crippen molar-refractivity contribution in [3.05, 3.63) is 64.5 Å². The Morgan fingerprint density at radius 2 is 1.70 bits per heavy atom. The topological polar surface area (TPSA) is 99.2 Å². The van der Waals surface area contributed by atoms with Crippen LogP contribution in [-0.4, -0.2) is 41.1 Å². The van der Waals surface area contributed by atoms with Gasteiger partial charge >= 0.3 is 5.69 Å². The monoisotopic (exact) mass is 360 g/mol. The fourth-order valence-electron chi connectivity index (χ4n) is 3.47.